The molecule has 3 N–H and O–H groups in total. The van der Waals surface area contributed by atoms with Gasteiger partial charge in [0.25, 0.3) is 0 Å². The van der Waals surface area contributed by atoms with Gasteiger partial charge in [0, 0.05) is 17.5 Å². The second-order valence-corrected chi connectivity index (χ2v) is 5.18. The van der Waals surface area contributed by atoms with Gasteiger partial charge in [0.2, 0.25) is 5.91 Å². The Bertz CT molecular complexity index is 637. The molecular weight excluding hydrogens is 276 g/mol. The van der Waals surface area contributed by atoms with Gasteiger partial charge in [0.05, 0.1) is 17.8 Å². The molecule has 0 fully saturated rings. The summed E-state index contributed by atoms with van der Waals surface area (Å²) in [6.07, 6.45) is 0. The van der Waals surface area contributed by atoms with Gasteiger partial charge in [-0.15, -0.1) is 11.3 Å². The number of hydrogen-bond donors (Lipinski definition) is 3. The van der Waals surface area contributed by atoms with Crippen molar-refractivity contribution in [3.8, 4) is 0 Å². The highest BCUT2D eigenvalue weighted by Crippen LogP contribution is 2.23. The Labute approximate surface area is 120 Å². The number of carboxylic acid groups (broad SMARTS) is 1. The zero-order valence-corrected chi connectivity index (χ0v) is 11.7. The summed E-state index contributed by atoms with van der Waals surface area (Å²) in [5.74, 6) is -1.07. The fourth-order valence-corrected chi connectivity index (χ4v) is 2.49. The van der Waals surface area contributed by atoms with Crippen LogP contribution in [0.3, 0.4) is 0 Å². The van der Waals surface area contributed by atoms with Gasteiger partial charge < -0.3 is 15.7 Å². The number of thiophene rings is 1. The first kappa shape index (κ1) is 14.1. The van der Waals surface area contributed by atoms with E-state index in [0.29, 0.717) is 6.54 Å². The van der Waals surface area contributed by atoms with Crippen LogP contribution in [0.2, 0.25) is 0 Å². The van der Waals surface area contributed by atoms with Crippen LogP contribution < -0.4 is 10.6 Å². The zero-order chi connectivity index (χ0) is 14.5. The molecule has 104 valence electrons. The molecule has 20 heavy (non-hydrogen) atoms. The average molecular weight is 290 g/mol. The van der Waals surface area contributed by atoms with Crippen LogP contribution in [0.15, 0.2) is 35.7 Å². The maximum atomic E-state index is 11.1. The number of benzene rings is 1. The lowest BCUT2D eigenvalue weighted by atomic mass is 10.2. The van der Waals surface area contributed by atoms with Crippen molar-refractivity contribution in [2.24, 2.45) is 0 Å². The third-order valence-corrected chi connectivity index (χ3v) is 3.54. The number of rotatable bonds is 5. The van der Waals surface area contributed by atoms with Crippen molar-refractivity contribution >= 4 is 34.6 Å². The molecule has 1 aromatic carbocycles. The Morgan fingerprint density at radius 1 is 1.30 bits per heavy atom. The lowest BCUT2D eigenvalue weighted by Gasteiger charge is -2.08. The van der Waals surface area contributed by atoms with Crippen LogP contribution >= 0.6 is 11.3 Å². The third-order valence-electron chi connectivity index (χ3n) is 2.62. The van der Waals surface area contributed by atoms with Crippen molar-refractivity contribution in [3.63, 3.8) is 0 Å². The minimum Gasteiger partial charge on any atom is -0.478 e. The highest BCUT2D eigenvalue weighted by Gasteiger charge is 2.07. The maximum Gasteiger partial charge on any atom is 0.335 e. The van der Waals surface area contributed by atoms with Crippen molar-refractivity contribution in [1.82, 2.24) is 0 Å². The first-order valence-corrected chi connectivity index (χ1v) is 6.85. The number of nitrogens with one attached hydrogen (secondary N) is 2. The van der Waals surface area contributed by atoms with Crippen LogP contribution in [0, 0.1) is 0 Å². The molecule has 1 aromatic heterocycles. The molecule has 0 bridgehead atoms. The monoisotopic (exact) mass is 290 g/mol. The highest BCUT2D eigenvalue weighted by molar-refractivity contribution is 7.10. The number of aromatic carboxylic acids is 1. The molecule has 5 nitrogen and oxygen atoms in total. The molecule has 1 amide bonds. The first-order chi connectivity index (χ1) is 9.56. The highest BCUT2D eigenvalue weighted by atomic mass is 32.1. The van der Waals surface area contributed by atoms with E-state index in [1.54, 1.807) is 24.3 Å². The molecule has 0 aliphatic carbocycles. The lowest BCUT2D eigenvalue weighted by Crippen LogP contribution is -2.08. The molecule has 0 radical (unpaired) electrons. The fraction of sp³-hybridized carbons (Fsp3) is 0.143. The molecule has 6 heteroatoms. The second kappa shape index (κ2) is 6.21. The molecule has 0 aliphatic heterocycles. The summed E-state index contributed by atoms with van der Waals surface area (Å²) in [7, 11) is 0. The van der Waals surface area contributed by atoms with Crippen molar-refractivity contribution < 1.29 is 14.7 Å². The molecule has 2 rings (SSSR count). The summed E-state index contributed by atoms with van der Waals surface area (Å²) in [5, 5.41) is 16.7. The van der Waals surface area contributed by atoms with E-state index in [1.807, 2.05) is 11.4 Å². The molecule has 1 heterocycles. The largest absolute Gasteiger partial charge is 0.478 e. The average Bonchev–Trinajstić information content (AvgIpc) is 2.83. The third kappa shape index (κ3) is 3.58. The summed E-state index contributed by atoms with van der Waals surface area (Å²) in [5.41, 5.74) is 1.75. The minimum atomic E-state index is -0.955. The first-order valence-electron chi connectivity index (χ1n) is 5.97. The molecule has 2 aromatic rings. The van der Waals surface area contributed by atoms with E-state index in [2.05, 4.69) is 10.6 Å². The number of anilines is 2. The quantitative estimate of drug-likeness (QED) is 0.791. The van der Waals surface area contributed by atoms with E-state index in [4.69, 9.17) is 5.11 Å². The number of carboxylic acids is 1. The Kier molecular flexibility index (Phi) is 4.37. The van der Waals surface area contributed by atoms with Gasteiger partial charge in [-0.2, -0.15) is 0 Å². The minimum absolute atomic E-state index is 0.113. The topological polar surface area (TPSA) is 78.4 Å². The normalized spacial score (nSPS) is 10.1. The van der Waals surface area contributed by atoms with Crippen LogP contribution in [0.1, 0.15) is 22.2 Å². The zero-order valence-electron chi connectivity index (χ0n) is 10.8. The van der Waals surface area contributed by atoms with Crippen LogP contribution in [-0.2, 0) is 11.3 Å². The van der Waals surface area contributed by atoms with Gasteiger partial charge in [-0.05, 0) is 29.6 Å². The number of carbonyl (C=O) groups excluding carboxylic acids is 1. The van der Waals surface area contributed by atoms with E-state index in [1.165, 1.54) is 18.3 Å². The van der Waals surface area contributed by atoms with Crippen LogP contribution in [-0.4, -0.2) is 17.0 Å². The van der Waals surface area contributed by atoms with Gasteiger partial charge in [-0.1, -0.05) is 6.07 Å². The number of carbonyl (C=O) groups is 2. The Morgan fingerprint density at radius 2 is 2.10 bits per heavy atom. The summed E-state index contributed by atoms with van der Waals surface area (Å²) in [6.45, 7) is 1.99. The molecule has 0 saturated heterocycles. The summed E-state index contributed by atoms with van der Waals surface area (Å²) in [6, 6.07) is 8.46. The van der Waals surface area contributed by atoms with E-state index in [0.717, 1.165) is 16.3 Å². The van der Waals surface area contributed by atoms with Crippen LogP contribution in [0.5, 0.6) is 0 Å². The van der Waals surface area contributed by atoms with Crippen LogP contribution in [0.25, 0.3) is 0 Å². The molecule has 0 atom stereocenters. The Hall–Kier alpha value is -2.34. The lowest BCUT2D eigenvalue weighted by molar-refractivity contribution is -0.114. The van der Waals surface area contributed by atoms with Crippen molar-refractivity contribution in [2.45, 2.75) is 13.5 Å². The smallest absolute Gasteiger partial charge is 0.335 e. The summed E-state index contributed by atoms with van der Waals surface area (Å²) >= 11 is 1.53. The maximum absolute atomic E-state index is 11.1. The SMILES string of the molecule is CC(=O)Nc1ccsc1CNc1cccc(C(=O)O)c1. The molecule has 0 saturated carbocycles. The molecule has 0 unspecified atom stereocenters. The summed E-state index contributed by atoms with van der Waals surface area (Å²) < 4.78 is 0. The predicted octanol–water partition coefficient (Wildman–Crippen LogP) is 3.02. The number of amides is 1. The van der Waals surface area contributed by atoms with E-state index < -0.39 is 5.97 Å². The number of hydrogen-bond acceptors (Lipinski definition) is 4. The fourth-order valence-electron chi connectivity index (χ4n) is 1.72. The van der Waals surface area contributed by atoms with E-state index in [-0.39, 0.29) is 11.5 Å². The van der Waals surface area contributed by atoms with Gasteiger partial charge in [-0.3, -0.25) is 4.79 Å². The molecule has 0 spiro atoms. The molecular formula is C14H14N2O3S. The Balaban J connectivity index is 2.05. The van der Waals surface area contributed by atoms with Gasteiger partial charge >= 0.3 is 5.97 Å². The standard InChI is InChI=1S/C14H14N2O3S/c1-9(17)16-12-5-6-20-13(12)8-15-11-4-2-3-10(7-11)14(18)19/h2-7,15H,8H2,1H3,(H,16,17)(H,18,19). The molecule has 0 aliphatic rings. The summed E-state index contributed by atoms with van der Waals surface area (Å²) in [4.78, 5) is 22.9. The van der Waals surface area contributed by atoms with E-state index in [9.17, 15) is 9.59 Å². The van der Waals surface area contributed by atoms with Gasteiger partial charge in [0.1, 0.15) is 0 Å². The second-order valence-electron chi connectivity index (χ2n) is 4.18. The van der Waals surface area contributed by atoms with Crippen LogP contribution in [0.4, 0.5) is 11.4 Å². The van der Waals surface area contributed by atoms with Gasteiger partial charge in [-0.25, -0.2) is 4.79 Å². The van der Waals surface area contributed by atoms with Crippen molar-refractivity contribution in [3.05, 3.63) is 46.2 Å². The van der Waals surface area contributed by atoms with E-state index >= 15 is 0 Å². The van der Waals surface area contributed by atoms with Crippen molar-refractivity contribution in [2.75, 3.05) is 10.6 Å². The van der Waals surface area contributed by atoms with Gasteiger partial charge in [0.15, 0.2) is 0 Å². The Morgan fingerprint density at radius 3 is 2.80 bits per heavy atom. The van der Waals surface area contributed by atoms with Crippen molar-refractivity contribution in [1.29, 1.82) is 0 Å². The predicted molar refractivity (Wildman–Crippen MR) is 79.4 cm³/mol.